The van der Waals surface area contributed by atoms with Gasteiger partial charge in [0.15, 0.2) is 11.6 Å². The molecule has 0 atom stereocenters. The SMILES string of the molecule is CC.CC.CC(=N)/C=C\c1n[nH]c(C(C)(C)O)n1. The molecule has 1 rings (SSSR count). The van der Waals surface area contributed by atoms with Gasteiger partial charge in [0.05, 0.1) is 0 Å². The van der Waals surface area contributed by atoms with Crippen LogP contribution in [0, 0.1) is 5.41 Å². The molecule has 0 spiro atoms. The molecule has 0 aliphatic rings. The van der Waals surface area contributed by atoms with Gasteiger partial charge in [0.2, 0.25) is 0 Å². The average Bonchev–Trinajstić information content (AvgIpc) is 2.80. The van der Waals surface area contributed by atoms with Crippen LogP contribution in [0.5, 0.6) is 0 Å². The van der Waals surface area contributed by atoms with Crippen LogP contribution in [-0.4, -0.2) is 26.0 Å². The minimum absolute atomic E-state index is 0.416. The molecule has 0 unspecified atom stereocenters. The highest BCUT2D eigenvalue weighted by molar-refractivity contribution is 5.93. The highest BCUT2D eigenvalue weighted by Crippen LogP contribution is 2.14. The first kappa shape index (κ1) is 18.9. The van der Waals surface area contributed by atoms with Gasteiger partial charge >= 0.3 is 0 Å². The quantitative estimate of drug-likeness (QED) is 0.724. The van der Waals surface area contributed by atoms with Gasteiger partial charge in [-0.1, -0.05) is 27.7 Å². The Bertz CT molecular complexity index is 361. The molecule has 104 valence electrons. The van der Waals surface area contributed by atoms with Gasteiger partial charge in [0, 0.05) is 5.71 Å². The Balaban J connectivity index is 0. The Morgan fingerprint density at radius 1 is 1.28 bits per heavy atom. The van der Waals surface area contributed by atoms with Gasteiger partial charge in [-0.3, -0.25) is 5.10 Å². The highest BCUT2D eigenvalue weighted by atomic mass is 16.3. The minimum Gasteiger partial charge on any atom is -0.382 e. The Morgan fingerprint density at radius 2 is 1.78 bits per heavy atom. The molecule has 0 fully saturated rings. The van der Waals surface area contributed by atoms with Crippen molar-refractivity contribution >= 4 is 11.8 Å². The third kappa shape index (κ3) is 7.73. The molecule has 0 saturated heterocycles. The highest BCUT2D eigenvalue weighted by Gasteiger charge is 2.19. The maximum atomic E-state index is 9.58. The summed E-state index contributed by atoms with van der Waals surface area (Å²) in [5, 5.41) is 23.3. The van der Waals surface area contributed by atoms with E-state index >= 15 is 0 Å². The van der Waals surface area contributed by atoms with Gasteiger partial charge in [-0.15, -0.1) is 0 Å². The van der Waals surface area contributed by atoms with Gasteiger partial charge in [-0.05, 0) is 32.9 Å². The Morgan fingerprint density at radius 3 is 2.11 bits per heavy atom. The second kappa shape index (κ2) is 9.53. The van der Waals surface area contributed by atoms with Crippen LogP contribution in [0.25, 0.3) is 6.08 Å². The van der Waals surface area contributed by atoms with Crippen LogP contribution >= 0.6 is 0 Å². The Hall–Kier alpha value is -1.49. The van der Waals surface area contributed by atoms with Gasteiger partial charge in [-0.25, -0.2) is 4.98 Å². The molecule has 0 bridgehead atoms. The van der Waals surface area contributed by atoms with E-state index in [2.05, 4.69) is 15.2 Å². The molecule has 0 aliphatic carbocycles. The molecule has 5 heteroatoms. The zero-order valence-electron chi connectivity index (χ0n) is 12.5. The van der Waals surface area contributed by atoms with Crippen molar-refractivity contribution in [1.29, 1.82) is 5.41 Å². The molecule has 0 saturated carbocycles. The summed E-state index contributed by atoms with van der Waals surface area (Å²) in [5.74, 6) is 0.883. The zero-order valence-corrected chi connectivity index (χ0v) is 12.5. The number of hydrogen-bond donors (Lipinski definition) is 3. The second-order valence-corrected chi connectivity index (χ2v) is 3.62. The van der Waals surface area contributed by atoms with Crippen molar-refractivity contribution in [2.24, 2.45) is 0 Å². The van der Waals surface area contributed by atoms with Crippen molar-refractivity contribution in [3.63, 3.8) is 0 Å². The maximum Gasteiger partial charge on any atom is 0.174 e. The van der Waals surface area contributed by atoms with Crippen molar-refractivity contribution < 1.29 is 5.11 Å². The van der Waals surface area contributed by atoms with E-state index in [0.717, 1.165) is 0 Å². The third-order valence-corrected chi connectivity index (χ3v) is 1.56. The second-order valence-electron chi connectivity index (χ2n) is 3.62. The lowest BCUT2D eigenvalue weighted by Crippen LogP contribution is -2.17. The molecule has 5 nitrogen and oxygen atoms in total. The van der Waals surface area contributed by atoms with Crippen LogP contribution in [0.4, 0.5) is 0 Å². The maximum absolute atomic E-state index is 9.58. The van der Waals surface area contributed by atoms with Crippen LogP contribution in [0.3, 0.4) is 0 Å². The number of aromatic nitrogens is 3. The summed E-state index contributed by atoms with van der Waals surface area (Å²) in [5.41, 5.74) is -0.585. The molecule has 0 aliphatic heterocycles. The first-order valence-electron chi connectivity index (χ1n) is 6.28. The van der Waals surface area contributed by atoms with Crippen molar-refractivity contribution in [2.75, 3.05) is 0 Å². The lowest BCUT2D eigenvalue weighted by atomic mass is 10.1. The third-order valence-electron chi connectivity index (χ3n) is 1.56. The molecule has 1 heterocycles. The summed E-state index contributed by atoms with van der Waals surface area (Å²) in [6.45, 7) is 12.9. The minimum atomic E-state index is -1.02. The van der Waals surface area contributed by atoms with Crippen LogP contribution in [0.1, 0.15) is 60.1 Å². The molecule has 3 N–H and O–H groups in total. The normalized spacial score (nSPS) is 10.2. The molecule has 18 heavy (non-hydrogen) atoms. The lowest BCUT2D eigenvalue weighted by molar-refractivity contribution is 0.0691. The molecular formula is C13H26N4O. The van der Waals surface area contributed by atoms with E-state index in [1.807, 2.05) is 27.7 Å². The lowest BCUT2D eigenvalue weighted by Gasteiger charge is -2.11. The van der Waals surface area contributed by atoms with Gasteiger partial charge in [0.1, 0.15) is 5.60 Å². The Labute approximate surface area is 110 Å². The molecular weight excluding hydrogens is 228 g/mol. The van der Waals surface area contributed by atoms with E-state index in [1.54, 1.807) is 32.9 Å². The van der Waals surface area contributed by atoms with Crippen LogP contribution in [0.2, 0.25) is 0 Å². The fourth-order valence-corrected chi connectivity index (χ4v) is 0.822. The summed E-state index contributed by atoms with van der Waals surface area (Å²) in [6, 6.07) is 0. The number of nitrogens with zero attached hydrogens (tertiary/aromatic N) is 2. The largest absolute Gasteiger partial charge is 0.382 e. The van der Waals surface area contributed by atoms with Gasteiger partial charge in [0.25, 0.3) is 0 Å². The summed E-state index contributed by atoms with van der Waals surface area (Å²) >= 11 is 0. The predicted octanol–water partition coefficient (Wildman–Crippen LogP) is 3.14. The summed E-state index contributed by atoms with van der Waals surface area (Å²) in [4.78, 5) is 4.05. The number of aliphatic hydroxyl groups is 1. The van der Waals surface area contributed by atoms with Crippen molar-refractivity contribution in [3.8, 4) is 0 Å². The van der Waals surface area contributed by atoms with E-state index < -0.39 is 5.60 Å². The van der Waals surface area contributed by atoms with Gasteiger partial charge < -0.3 is 10.5 Å². The number of nitrogens with one attached hydrogen (secondary N) is 2. The van der Waals surface area contributed by atoms with Gasteiger partial charge in [-0.2, -0.15) is 5.10 Å². The van der Waals surface area contributed by atoms with Crippen molar-refractivity contribution in [2.45, 2.75) is 54.1 Å². The number of hydrogen-bond acceptors (Lipinski definition) is 4. The fraction of sp³-hybridized carbons (Fsp3) is 0.615. The van der Waals surface area contributed by atoms with Crippen LogP contribution < -0.4 is 0 Å². The number of aromatic amines is 1. The molecule has 0 aromatic carbocycles. The topological polar surface area (TPSA) is 85.7 Å². The molecule has 0 amide bonds. The molecule has 1 aromatic heterocycles. The van der Waals surface area contributed by atoms with E-state index in [-0.39, 0.29) is 0 Å². The smallest absolute Gasteiger partial charge is 0.174 e. The van der Waals surface area contributed by atoms with E-state index in [0.29, 0.717) is 17.4 Å². The standard InChI is InChI=1S/C9H14N4O.2C2H6/c1-6(10)4-5-7-11-8(13-12-7)9(2,3)14;2*1-2/h4-5,10,14H,1-3H3,(H,11,12,13);2*1-2H3/b5-4-,10-6?;;. The molecule has 1 aromatic rings. The first-order chi connectivity index (χ1) is 8.39. The average molecular weight is 254 g/mol. The van der Waals surface area contributed by atoms with Crippen LogP contribution in [0.15, 0.2) is 6.08 Å². The predicted molar refractivity (Wildman–Crippen MR) is 76.8 cm³/mol. The molecule has 0 radical (unpaired) electrons. The first-order valence-corrected chi connectivity index (χ1v) is 6.28. The van der Waals surface area contributed by atoms with Crippen molar-refractivity contribution in [3.05, 3.63) is 17.7 Å². The van der Waals surface area contributed by atoms with Crippen LogP contribution in [-0.2, 0) is 5.60 Å². The fourth-order valence-electron chi connectivity index (χ4n) is 0.822. The van der Waals surface area contributed by atoms with E-state index in [1.165, 1.54) is 0 Å². The number of H-pyrrole nitrogens is 1. The summed E-state index contributed by atoms with van der Waals surface area (Å²) < 4.78 is 0. The zero-order chi connectivity index (χ0) is 14.8. The monoisotopic (exact) mass is 254 g/mol. The van der Waals surface area contributed by atoms with E-state index in [9.17, 15) is 5.11 Å². The summed E-state index contributed by atoms with van der Waals surface area (Å²) in [6.07, 6.45) is 3.21. The Kier molecular flexibility index (Phi) is 9.99. The number of rotatable bonds is 3. The van der Waals surface area contributed by atoms with E-state index in [4.69, 9.17) is 5.41 Å². The number of allylic oxidation sites excluding steroid dienone is 1. The van der Waals surface area contributed by atoms with Crippen molar-refractivity contribution in [1.82, 2.24) is 15.2 Å². The summed E-state index contributed by atoms with van der Waals surface area (Å²) in [7, 11) is 0.